The van der Waals surface area contributed by atoms with Gasteiger partial charge in [-0.3, -0.25) is 14.5 Å². The van der Waals surface area contributed by atoms with E-state index in [0.717, 1.165) is 11.1 Å². The summed E-state index contributed by atoms with van der Waals surface area (Å²) in [5, 5.41) is 0. The lowest BCUT2D eigenvalue weighted by molar-refractivity contribution is -0.138. The van der Waals surface area contributed by atoms with Crippen LogP contribution in [0.25, 0.3) is 6.08 Å². The Morgan fingerprint density at radius 1 is 1.08 bits per heavy atom. The van der Waals surface area contributed by atoms with Gasteiger partial charge in [0.05, 0.1) is 25.1 Å². The van der Waals surface area contributed by atoms with E-state index in [4.69, 9.17) is 4.74 Å². The summed E-state index contributed by atoms with van der Waals surface area (Å²) >= 11 is 0. The minimum atomic E-state index is -0.388. The molecule has 5 heteroatoms. The number of ether oxygens (including phenoxy) is 1. The van der Waals surface area contributed by atoms with Crippen molar-refractivity contribution in [1.29, 1.82) is 0 Å². The van der Waals surface area contributed by atoms with Crippen LogP contribution in [-0.4, -0.2) is 29.3 Å². The second kappa shape index (κ2) is 7.78. The van der Waals surface area contributed by atoms with Crippen molar-refractivity contribution in [3.63, 3.8) is 0 Å². The number of rotatable bonds is 5. The number of imide groups is 1. The molecule has 1 fully saturated rings. The summed E-state index contributed by atoms with van der Waals surface area (Å²) in [4.78, 5) is 37.7. The van der Waals surface area contributed by atoms with Crippen LogP contribution in [0, 0.1) is 0 Å². The third kappa shape index (κ3) is 3.88. The lowest BCUT2D eigenvalue weighted by Crippen LogP contribution is -2.28. The van der Waals surface area contributed by atoms with Crippen LogP contribution in [0.1, 0.15) is 34.8 Å². The van der Waals surface area contributed by atoms with Gasteiger partial charge in [-0.15, -0.1) is 0 Å². The van der Waals surface area contributed by atoms with Gasteiger partial charge in [-0.05, 0) is 36.3 Å². The molecule has 2 amide bonds. The Hall–Kier alpha value is -3.21. The van der Waals surface area contributed by atoms with Crippen molar-refractivity contribution < 1.29 is 19.1 Å². The third-order valence-corrected chi connectivity index (χ3v) is 4.11. The summed E-state index contributed by atoms with van der Waals surface area (Å²) in [7, 11) is 0. The number of likely N-dealkylation sites (tertiary alicyclic amines) is 1. The molecule has 0 atom stereocenters. The molecule has 132 valence electrons. The summed E-state index contributed by atoms with van der Waals surface area (Å²) in [6, 6.07) is 16.2. The standard InChI is InChI=1S/C21H19NO4/c1-2-26-21(25)17-10-8-16(9-11-17)14-22-19(23)13-18(20(22)24)12-15-6-4-3-5-7-15/h3-12H,2,13-14H2,1H3/b18-12+. The molecule has 5 nitrogen and oxygen atoms in total. The van der Waals surface area contributed by atoms with Gasteiger partial charge in [-0.1, -0.05) is 42.5 Å². The number of hydrogen-bond donors (Lipinski definition) is 0. The molecule has 2 aromatic carbocycles. The first kappa shape index (κ1) is 17.6. The van der Waals surface area contributed by atoms with E-state index in [0.29, 0.717) is 17.7 Å². The third-order valence-electron chi connectivity index (χ3n) is 4.11. The minimum Gasteiger partial charge on any atom is -0.462 e. The zero-order chi connectivity index (χ0) is 18.5. The Bertz CT molecular complexity index is 853. The normalized spacial score (nSPS) is 15.6. The predicted molar refractivity (Wildman–Crippen MR) is 97.0 cm³/mol. The quantitative estimate of drug-likeness (QED) is 0.472. The molecule has 0 N–H and O–H groups in total. The molecule has 0 spiro atoms. The van der Waals surface area contributed by atoms with E-state index in [1.165, 1.54) is 4.90 Å². The Kier molecular flexibility index (Phi) is 5.27. The van der Waals surface area contributed by atoms with Gasteiger partial charge in [0, 0.05) is 5.57 Å². The van der Waals surface area contributed by atoms with Crippen molar-refractivity contribution in [1.82, 2.24) is 4.90 Å². The minimum absolute atomic E-state index is 0.106. The van der Waals surface area contributed by atoms with Crippen molar-refractivity contribution >= 4 is 23.9 Å². The molecule has 26 heavy (non-hydrogen) atoms. The summed E-state index contributed by atoms with van der Waals surface area (Å²) in [6.45, 7) is 2.25. The highest BCUT2D eigenvalue weighted by atomic mass is 16.5. The zero-order valence-electron chi connectivity index (χ0n) is 14.5. The fourth-order valence-corrected chi connectivity index (χ4v) is 2.79. The van der Waals surface area contributed by atoms with Gasteiger partial charge < -0.3 is 4.74 Å². The first-order chi connectivity index (χ1) is 12.6. The van der Waals surface area contributed by atoms with Crippen LogP contribution in [0.4, 0.5) is 0 Å². The first-order valence-electron chi connectivity index (χ1n) is 8.45. The molecule has 0 unspecified atom stereocenters. The van der Waals surface area contributed by atoms with Gasteiger partial charge in [0.2, 0.25) is 5.91 Å². The van der Waals surface area contributed by atoms with Gasteiger partial charge in [-0.2, -0.15) is 0 Å². The van der Waals surface area contributed by atoms with Gasteiger partial charge in [0.25, 0.3) is 5.91 Å². The van der Waals surface area contributed by atoms with E-state index < -0.39 is 0 Å². The Labute approximate surface area is 151 Å². The van der Waals surface area contributed by atoms with Crippen LogP contribution in [0.3, 0.4) is 0 Å². The van der Waals surface area contributed by atoms with E-state index in [1.54, 1.807) is 37.3 Å². The molecule has 1 aliphatic heterocycles. The fraction of sp³-hybridized carbons (Fsp3) is 0.190. The van der Waals surface area contributed by atoms with Gasteiger partial charge in [0.15, 0.2) is 0 Å². The van der Waals surface area contributed by atoms with Crippen LogP contribution >= 0.6 is 0 Å². The van der Waals surface area contributed by atoms with Crippen molar-refractivity contribution in [2.75, 3.05) is 6.61 Å². The Balaban J connectivity index is 1.72. The molecule has 3 rings (SSSR count). The van der Waals surface area contributed by atoms with Crippen LogP contribution < -0.4 is 0 Å². The van der Waals surface area contributed by atoms with E-state index >= 15 is 0 Å². The van der Waals surface area contributed by atoms with Crippen LogP contribution in [0.5, 0.6) is 0 Å². The summed E-state index contributed by atoms with van der Waals surface area (Å²) < 4.78 is 4.94. The lowest BCUT2D eigenvalue weighted by Gasteiger charge is -2.13. The number of amides is 2. The molecule has 1 aliphatic rings. The molecule has 2 aromatic rings. The van der Waals surface area contributed by atoms with Crippen LogP contribution in [-0.2, 0) is 20.9 Å². The van der Waals surface area contributed by atoms with E-state index in [2.05, 4.69) is 0 Å². The molecule has 0 aliphatic carbocycles. The SMILES string of the molecule is CCOC(=O)c1ccc(CN2C(=O)C/C(=C\c3ccccc3)C2=O)cc1. The smallest absolute Gasteiger partial charge is 0.338 e. The molecule has 0 aromatic heterocycles. The molecule has 0 radical (unpaired) electrons. The number of carbonyl (C=O) groups excluding carboxylic acids is 3. The molecule has 0 bridgehead atoms. The molecule has 1 heterocycles. The van der Waals surface area contributed by atoms with E-state index in [-0.39, 0.29) is 30.7 Å². The van der Waals surface area contributed by atoms with Crippen molar-refractivity contribution in [3.05, 3.63) is 76.9 Å². The number of carbonyl (C=O) groups is 3. The summed E-state index contributed by atoms with van der Waals surface area (Å²) in [6.07, 6.45) is 1.86. The maximum Gasteiger partial charge on any atom is 0.338 e. The fourth-order valence-electron chi connectivity index (χ4n) is 2.79. The maximum absolute atomic E-state index is 12.5. The largest absolute Gasteiger partial charge is 0.462 e. The van der Waals surface area contributed by atoms with E-state index in [1.807, 2.05) is 30.3 Å². The van der Waals surface area contributed by atoms with Gasteiger partial charge in [-0.25, -0.2) is 4.79 Å². The second-order valence-electron chi connectivity index (χ2n) is 5.96. The number of nitrogens with zero attached hydrogens (tertiary/aromatic N) is 1. The second-order valence-corrected chi connectivity index (χ2v) is 5.96. The average molecular weight is 349 g/mol. The van der Waals surface area contributed by atoms with Crippen molar-refractivity contribution in [2.24, 2.45) is 0 Å². The average Bonchev–Trinajstić information content (AvgIpc) is 2.91. The van der Waals surface area contributed by atoms with Crippen molar-refractivity contribution in [2.45, 2.75) is 19.9 Å². The molecular weight excluding hydrogens is 330 g/mol. The number of benzene rings is 2. The monoisotopic (exact) mass is 349 g/mol. The Morgan fingerprint density at radius 2 is 1.77 bits per heavy atom. The van der Waals surface area contributed by atoms with E-state index in [9.17, 15) is 14.4 Å². The molecule has 0 saturated carbocycles. The highest BCUT2D eigenvalue weighted by molar-refractivity contribution is 6.15. The molecule has 1 saturated heterocycles. The first-order valence-corrected chi connectivity index (χ1v) is 8.45. The van der Waals surface area contributed by atoms with Crippen LogP contribution in [0.15, 0.2) is 60.2 Å². The summed E-state index contributed by atoms with van der Waals surface area (Å²) in [5.41, 5.74) is 2.61. The number of hydrogen-bond acceptors (Lipinski definition) is 4. The highest BCUT2D eigenvalue weighted by Crippen LogP contribution is 2.23. The highest BCUT2D eigenvalue weighted by Gasteiger charge is 2.33. The lowest BCUT2D eigenvalue weighted by atomic mass is 10.1. The maximum atomic E-state index is 12.5. The topological polar surface area (TPSA) is 63.7 Å². The summed E-state index contributed by atoms with van der Waals surface area (Å²) in [5.74, 6) is -0.875. The Morgan fingerprint density at radius 3 is 2.42 bits per heavy atom. The van der Waals surface area contributed by atoms with Crippen molar-refractivity contribution in [3.8, 4) is 0 Å². The zero-order valence-corrected chi connectivity index (χ0v) is 14.5. The number of esters is 1. The molecular formula is C21H19NO4. The predicted octanol–water partition coefficient (Wildman–Crippen LogP) is 3.21. The van der Waals surface area contributed by atoms with Gasteiger partial charge >= 0.3 is 5.97 Å². The van der Waals surface area contributed by atoms with Crippen LogP contribution in [0.2, 0.25) is 0 Å². The van der Waals surface area contributed by atoms with Gasteiger partial charge in [0.1, 0.15) is 0 Å².